The molecule has 0 aromatic heterocycles. The molecule has 0 N–H and O–H groups in total. The van der Waals surface area contributed by atoms with Crippen LogP contribution in [0.25, 0.3) is 6.08 Å². The van der Waals surface area contributed by atoms with Crippen molar-refractivity contribution in [3.8, 4) is 17.2 Å². The van der Waals surface area contributed by atoms with E-state index in [4.69, 9.17) is 14.2 Å². The summed E-state index contributed by atoms with van der Waals surface area (Å²) in [6.45, 7) is 2.30. The Hall–Kier alpha value is -3.35. The van der Waals surface area contributed by atoms with Gasteiger partial charge in [0, 0.05) is 17.7 Å². The van der Waals surface area contributed by atoms with Crippen LogP contribution in [0.2, 0.25) is 0 Å². The van der Waals surface area contributed by atoms with Crippen LogP contribution in [0.5, 0.6) is 17.2 Å². The van der Waals surface area contributed by atoms with Gasteiger partial charge >= 0.3 is 0 Å². The minimum Gasteiger partial charge on any atom is -0.493 e. The zero-order valence-electron chi connectivity index (χ0n) is 14.7. The molecule has 0 heterocycles. The Morgan fingerprint density at radius 3 is 2.35 bits per heavy atom. The van der Waals surface area contributed by atoms with Crippen molar-refractivity contribution < 1.29 is 23.9 Å². The maximum Gasteiger partial charge on any atom is 0.270 e. The van der Waals surface area contributed by atoms with E-state index >= 15 is 0 Å². The van der Waals surface area contributed by atoms with Gasteiger partial charge in [-0.15, -0.1) is 0 Å². The number of ether oxygens (including phenoxy) is 3. The second kappa shape index (κ2) is 8.66. The third kappa shape index (κ3) is 4.38. The van der Waals surface area contributed by atoms with Gasteiger partial charge in [0.15, 0.2) is 17.3 Å². The minimum absolute atomic E-state index is 0.131. The van der Waals surface area contributed by atoms with E-state index in [1.807, 2.05) is 6.92 Å². The Balaban J connectivity index is 2.31. The SMILES string of the molecule is CCOc1c(OC)cc(/C=C/C(=O)c2cccc([N+](=O)[O-])c2)cc1OC. The van der Waals surface area contributed by atoms with Crippen LogP contribution < -0.4 is 14.2 Å². The molecule has 26 heavy (non-hydrogen) atoms. The zero-order valence-corrected chi connectivity index (χ0v) is 14.7. The molecule has 0 bridgehead atoms. The molecule has 0 aliphatic carbocycles. The maximum absolute atomic E-state index is 12.3. The average molecular weight is 357 g/mol. The smallest absolute Gasteiger partial charge is 0.270 e. The molecule has 0 aliphatic heterocycles. The Morgan fingerprint density at radius 1 is 1.15 bits per heavy atom. The molecule has 0 aliphatic rings. The third-order valence-electron chi connectivity index (χ3n) is 3.54. The molecule has 136 valence electrons. The summed E-state index contributed by atoms with van der Waals surface area (Å²) in [6, 6.07) is 9.01. The summed E-state index contributed by atoms with van der Waals surface area (Å²) in [5.41, 5.74) is 0.773. The summed E-state index contributed by atoms with van der Waals surface area (Å²) in [5.74, 6) is 1.10. The van der Waals surface area contributed by atoms with Crippen LogP contribution in [0, 0.1) is 10.1 Å². The van der Waals surface area contributed by atoms with Crippen molar-refractivity contribution in [1.29, 1.82) is 0 Å². The van der Waals surface area contributed by atoms with Crippen LogP contribution in [-0.2, 0) is 0 Å². The Morgan fingerprint density at radius 2 is 1.81 bits per heavy atom. The minimum atomic E-state index is -0.539. The van der Waals surface area contributed by atoms with Gasteiger partial charge in [-0.3, -0.25) is 14.9 Å². The second-order valence-corrected chi connectivity index (χ2v) is 5.19. The van der Waals surface area contributed by atoms with E-state index < -0.39 is 4.92 Å². The standard InChI is InChI=1S/C19H19NO6/c1-4-26-19-17(24-2)10-13(11-18(19)25-3)8-9-16(21)14-6-5-7-15(12-14)20(22)23/h5-12H,4H2,1-3H3/b9-8+. The van der Waals surface area contributed by atoms with Crippen molar-refractivity contribution in [1.82, 2.24) is 0 Å². The van der Waals surface area contributed by atoms with Crippen molar-refractivity contribution in [2.75, 3.05) is 20.8 Å². The third-order valence-corrected chi connectivity index (χ3v) is 3.54. The fourth-order valence-electron chi connectivity index (χ4n) is 2.32. The van der Waals surface area contributed by atoms with Gasteiger partial charge < -0.3 is 14.2 Å². The number of hydrogen-bond donors (Lipinski definition) is 0. The van der Waals surface area contributed by atoms with Crippen molar-refractivity contribution >= 4 is 17.5 Å². The highest BCUT2D eigenvalue weighted by atomic mass is 16.6. The predicted octanol–water partition coefficient (Wildman–Crippen LogP) is 3.91. The molecule has 0 unspecified atom stereocenters. The molecule has 0 saturated carbocycles. The number of nitro groups is 1. The summed E-state index contributed by atoms with van der Waals surface area (Å²) in [5, 5.41) is 10.8. The van der Waals surface area contributed by atoms with Gasteiger partial charge in [-0.2, -0.15) is 0 Å². The highest BCUT2D eigenvalue weighted by Gasteiger charge is 2.13. The molecule has 0 atom stereocenters. The fraction of sp³-hybridized carbons (Fsp3) is 0.211. The van der Waals surface area contributed by atoms with Crippen molar-refractivity contribution in [2.24, 2.45) is 0 Å². The first kappa shape index (κ1) is 19.0. The number of carbonyl (C=O) groups is 1. The van der Waals surface area contributed by atoms with Crippen LogP contribution in [0.4, 0.5) is 5.69 Å². The van der Waals surface area contributed by atoms with Crippen molar-refractivity contribution in [3.63, 3.8) is 0 Å². The average Bonchev–Trinajstić information content (AvgIpc) is 2.66. The van der Waals surface area contributed by atoms with Gasteiger partial charge in [0.2, 0.25) is 5.75 Å². The monoisotopic (exact) mass is 357 g/mol. The molecule has 2 rings (SSSR count). The van der Waals surface area contributed by atoms with Gasteiger partial charge in [0.05, 0.1) is 25.7 Å². The van der Waals surface area contributed by atoms with Crippen LogP contribution in [0.1, 0.15) is 22.8 Å². The van der Waals surface area contributed by atoms with E-state index in [2.05, 4.69) is 0 Å². The Kier molecular flexibility index (Phi) is 6.32. The number of allylic oxidation sites excluding steroid dienone is 1. The van der Waals surface area contributed by atoms with Gasteiger partial charge in [-0.05, 0) is 30.7 Å². The maximum atomic E-state index is 12.3. The normalized spacial score (nSPS) is 10.6. The number of hydrogen-bond acceptors (Lipinski definition) is 6. The molecule has 0 amide bonds. The lowest BCUT2D eigenvalue weighted by molar-refractivity contribution is -0.384. The van der Waals surface area contributed by atoms with Crippen LogP contribution in [0.3, 0.4) is 0 Å². The number of methoxy groups -OCH3 is 2. The lowest BCUT2D eigenvalue weighted by Gasteiger charge is -2.14. The van der Waals surface area contributed by atoms with E-state index in [-0.39, 0.29) is 17.0 Å². The first-order chi connectivity index (χ1) is 12.5. The van der Waals surface area contributed by atoms with E-state index in [1.165, 1.54) is 44.6 Å². The number of non-ortho nitro benzene ring substituents is 1. The van der Waals surface area contributed by atoms with Gasteiger partial charge in [-0.1, -0.05) is 18.2 Å². The molecular weight excluding hydrogens is 338 g/mol. The van der Waals surface area contributed by atoms with Gasteiger partial charge in [-0.25, -0.2) is 0 Å². The molecule has 2 aromatic carbocycles. The number of rotatable bonds is 8. The predicted molar refractivity (Wildman–Crippen MR) is 97.2 cm³/mol. The van der Waals surface area contributed by atoms with Gasteiger partial charge in [0.25, 0.3) is 5.69 Å². The van der Waals surface area contributed by atoms with Crippen LogP contribution >= 0.6 is 0 Å². The largest absolute Gasteiger partial charge is 0.493 e. The molecule has 7 nitrogen and oxygen atoms in total. The molecule has 7 heteroatoms. The van der Waals surface area contributed by atoms with E-state index in [0.717, 1.165) is 0 Å². The number of benzene rings is 2. The first-order valence-electron chi connectivity index (χ1n) is 7.85. The fourth-order valence-corrected chi connectivity index (χ4v) is 2.32. The Labute approximate surface area is 151 Å². The van der Waals surface area contributed by atoms with E-state index in [1.54, 1.807) is 18.2 Å². The number of nitro benzene ring substituents is 1. The second-order valence-electron chi connectivity index (χ2n) is 5.19. The van der Waals surface area contributed by atoms with Gasteiger partial charge in [0.1, 0.15) is 0 Å². The van der Waals surface area contributed by atoms with E-state index in [9.17, 15) is 14.9 Å². The number of ketones is 1. The summed E-state index contributed by atoms with van der Waals surface area (Å²) in [6.07, 6.45) is 2.93. The van der Waals surface area contributed by atoms with E-state index in [0.29, 0.717) is 29.4 Å². The highest BCUT2D eigenvalue weighted by molar-refractivity contribution is 6.07. The highest BCUT2D eigenvalue weighted by Crippen LogP contribution is 2.38. The van der Waals surface area contributed by atoms with Crippen molar-refractivity contribution in [3.05, 3.63) is 63.7 Å². The summed E-state index contributed by atoms with van der Waals surface area (Å²) in [4.78, 5) is 22.6. The molecule has 0 fully saturated rings. The molecular formula is C19H19NO6. The topological polar surface area (TPSA) is 87.9 Å². The molecule has 0 radical (unpaired) electrons. The number of nitrogens with zero attached hydrogens (tertiary/aromatic N) is 1. The molecule has 2 aromatic rings. The van der Waals surface area contributed by atoms with Crippen LogP contribution in [-0.4, -0.2) is 31.5 Å². The summed E-state index contributed by atoms with van der Waals surface area (Å²) < 4.78 is 16.2. The summed E-state index contributed by atoms with van der Waals surface area (Å²) >= 11 is 0. The number of carbonyl (C=O) groups excluding carboxylic acids is 1. The molecule has 0 spiro atoms. The quantitative estimate of drug-likeness (QED) is 0.308. The lowest BCUT2D eigenvalue weighted by atomic mass is 10.1. The van der Waals surface area contributed by atoms with Crippen LogP contribution in [0.15, 0.2) is 42.5 Å². The zero-order chi connectivity index (χ0) is 19.1. The molecule has 0 saturated heterocycles. The summed E-state index contributed by atoms with van der Waals surface area (Å²) in [7, 11) is 3.03. The first-order valence-corrected chi connectivity index (χ1v) is 7.85. The van der Waals surface area contributed by atoms with Crippen molar-refractivity contribution in [2.45, 2.75) is 6.92 Å². The lowest BCUT2D eigenvalue weighted by Crippen LogP contribution is -1.99. The Bertz CT molecular complexity index is 819.